The second kappa shape index (κ2) is 9.31. The van der Waals surface area contributed by atoms with Crippen molar-refractivity contribution in [3.8, 4) is 0 Å². The number of nitrogens with zero attached hydrogens (tertiary/aromatic N) is 1. The molecule has 0 spiro atoms. The Bertz CT molecular complexity index is 1180. The lowest BCUT2D eigenvalue weighted by atomic mass is 10.0. The highest BCUT2D eigenvalue weighted by Crippen LogP contribution is 2.25. The van der Waals surface area contributed by atoms with E-state index < -0.39 is 39.6 Å². The van der Waals surface area contributed by atoms with Gasteiger partial charge in [-0.25, -0.2) is 13.2 Å². The molecular weight excluding hydrogens is 436 g/mol. The van der Waals surface area contributed by atoms with Crippen LogP contribution in [0.15, 0.2) is 48.5 Å². The van der Waals surface area contributed by atoms with Crippen molar-refractivity contribution < 1.29 is 32.7 Å². The van der Waals surface area contributed by atoms with Crippen molar-refractivity contribution in [1.29, 1.82) is 0 Å². The maximum absolute atomic E-state index is 12.8. The number of hydrogen-bond donors (Lipinski definition) is 2. The molecule has 0 saturated heterocycles. The SMILES string of the molecule is CCS(=O)(=O)CCC(NC(=O)c1ccc2c(c1)C(=O)N(Cc1ccccc1)C2=O)C(=O)O. The van der Waals surface area contributed by atoms with Crippen LogP contribution in [0.25, 0.3) is 0 Å². The van der Waals surface area contributed by atoms with E-state index in [0.717, 1.165) is 10.5 Å². The highest BCUT2D eigenvalue weighted by atomic mass is 32.2. The number of carboxylic acids is 1. The largest absolute Gasteiger partial charge is 0.480 e. The molecule has 9 nitrogen and oxygen atoms in total. The number of benzene rings is 2. The molecular formula is C22H22N2O7S. The van der Waals surface area contributed by atoms with Crippen molar-refractivity contribution in [3.05, 3.63) is 70.8 Å². The van der Waals surface area contributed by atoms with Gasteiger partial charge in [0.05, 0.1) is 23.4 Å². The highest BCUT2D eigenvalue weighted by molar-refractivity contribution is 7.91. The molecule has 3 amide bonds. The van der Waals surface area contributed by atoms with Gasteiger partial charge < -0.3 is 10.4 Å². The minimum absolute atomic E-state index is 0.00365. The third kappa shape index (κ3) is 5.02. The first-order valence-corrected chi connectivity index (χ1v) is 11.7. The summed E-state index contributed by atoms with van der Waals surface area (Å²) in [6.07, 6.45) is -0.287. The lowest BCUT2D eigenvalue weighted by molar-refractivity contribution is -0.139. The molecule has 1 aliphatic heterocycles. The van der Waals surface area contributed by atoms with Crippen LogP contribution in [0.2, 0.25) is 0 Å². The lowest BCUT2D eigenvalue weighted by Crippen LogP contribution is -2.42. The summed E-state index contributed by atoms with van der Waals surface area (Å²) in [6, 6.07) is 11.5. The standard InChI is InChI=1S/C22H22N2O7S/c1-2-32(30,31)11-10-18(22(28)29)23-19(25)15-8-9-16-17(12-15)21(27)24(20(16)26)13-14-6-4-3-5-7-14/h3-9,12,18H,2,10-11,13H2,1H3,(H,23,25)(H,28,29). The number of carbonyl (C=O) groups excluding carboxylic acids is 3. The van der Waals surface area contributed by atoms with Gasteiger partial charge in [-0.1, -0.05) is 37.3 Å². The minimum atomic E-state index is -3.40. The van der Waals surface area contributed by atoms with E-state index in [1.807, 2.05) is 6.07 Å². The van der Waals surface area contributed by atoms with Crippen molar-refractivity contribution in [2.24, 2.45) is 0 Å². The first kappa shape index (κ1) is 23.1. The van der Waals surface area contributed by atoms with Gasteiger partial charge in [-0.2, -0.15) is 0 Å². The summed E-state index contributed by atoms with van der Waals surface area (Å²) in [6.45, 7) is 1.54. The van der Waals surface area contributed by atoms with Crippen LogP contribution < -0.4 is 5.32 Å². The van der Waals surface area contributed by atoms with Gasteiger partial charge in [0.15, 0.2) is 0 Å². The maximum atomic E-state index is 12.8. The second-order valence-corrected chi connectivity index (χ2v) is 9.80. The van der Waals surface area contributed by atoms with Crippen LogP contribution in [0, 0.1) is 0 Å². The molecule has 1 aliphatic rings. The van der Waals surface area contributed by atoms with Crippen LogP contribution in [0.4, 0.5) is 0 Å². The maximum Gasteiger partial charge on any atom is 0.326 e. The fraction of sp³-hybridized carbons (Fsp3) is 0.273. The number of sulfone groups is 1. The Balaban J connectivity index is 1.76. The molecule has 0 aliphatic carbocycles. The number of amides is 3. The summed E-state index contributed by atoms with van der Waals surface area (Å²) in [7, 11) is -3.40. The average molecular weight is 458 g/mol. The Morgan fingerprint density at radius 2 is 1.69 bits per heavy atom. The average Bonchev–Trinajstić information content (AvgIpc) is 3.01. The van der Waals surface area contributed by atoms with Crippen LogP contribution in [-0.2, 0) is 21.2 Å². The number of aliphatic carboxylic acids is 1. The number of rotatable bonds is 9. The molecule has 0 fully saturated rings. The number of carboxylic acid groups (broad SMARTS) is 1. The smallest absolute Gasteiger partial charge is 0.326 e. The zero-order chi connectivity index (χ0) is 23.5. The highest BCUT2D eigenvalue weighted by Gasteiger charge is 2.36. The number of carbonyl (C=O) groups is 4. The first-order valence-electron chi connectivity index (χ1n) is 9.91. The molecule has 3 rings (SSSR count). The van der Waals surface area contributed by atoms with Crippen LogP contribution >= 0.6 is 0 Å². The molecule has 1 heterocycles. The predicted molar refractivity (Wildman–Crippen MR) is 115 cm³/mol. The third-order valence-corrected chi connectivity index (χ3v) is 6.91. The van der Waals surface area contributed by atoms with Gasteiger partial charge in [0, 0.05) is 11.3 Å². The van der Waals surface area contributed by atoms with Crippen LogP contribution in [0.3, 0.4) is 0 Å². The third-order valence-electron chi connectivity index (χ3n) is 5.18. The number of fused-ring (bicyclic) bond motifs is 1. The van der Waals surface area contributed by atoms with E-state index in [1.54, 1.807) is 24.3 Å². The Hall–Kier alpha value is -3.53. The fourth-order valence-electron chi connectivity index (χ4n) is 3.28. The van der Waals surface area contributed by atoms with Gasteiger partial charge in [-0.3, -0.25) is 19.3 Å². The Morgan fingerprint density at radius 1 is 1.03 bits per heavy atom. The van der Waals surface area contributed by atoms with Crippen molar-refractivity contribution in [3.63, 3.8) is 0 Å². The van der Waals surface area contributed by atoms with E-state index in [0.29, 0.717) is 0 Å². The molecule has 0 radical (unpaired) electrons. The number of nitrogens with one attached hydrogen (secondary N) is 1. The zero-order valence-corrected chi connectivity index (χ0v) is 18.1. The molecule has 0 bridgehead atoms. The Morgan fingerprint density at radius 3 is 2.31 bits per heavy atom. The Kier molecular flexibility index (Phi) is 6.73. The molecule has 1 atom stereocenters. The van der Waals surface area contributed by atoms with Crippen LogP contribution in [0.5, 0.6) is 0 Å². The van der Waals surface area contributed by atoms with Gasteiger partial charge in [0.25, 0.3) is 17.7 Å². The lowest BCUT2D eigenvalue weighted by Gasteiger charge is -2.14. The summed E-state index contributed by atoms with van der Waals surface area (Å²) in [5.41, 5.74) is 0.979. The number of hydrogen-bond acceptors (Lipinski definition) is 6. The van der Waals surface area contributed by atoms with Crippen molar-refractivity contribution in [2.45, 2.75) is 25.9 Å². The summed E-state index contributed by atoms with van der Waals surface area (Å²) in [4.78, 5) is 50.5. The summed E-state index contributed by atoms with van der Waals surface area (Å²) < 4.78 is 23.3. The van der Waals surface area contributed by atoms with E-state index in [1.165, 1.54) is 25.1 Å². The summed E-state index contributed by atoms with van der Waals surface area (Å²) >= 11 is 0. The van der Waals surface area contributed by atoms with Crippen LogP contribution in [0.1, 0.15) is 50.0 Å². The van der Waals surface area contributed by atoms with Crippen LogP contribution in [-0.4, -0.2) is 59.7 Å². The van der Waals surface area contributed by atoms with Crippen molar-refractivity contribution in [2.75, 3.05) is 11.5 Å². The van der Waals surface area contributed by atoms with Crippen molar-refractivity contribution >= 4 is 33.5 Å². The monoisotopic (exact) mass is 458 g/mol. The minimum Gasteiger partial charge on any atom is -0.480 e. The van der Waals surface area contributed by atoms with E-state index in [4.69, 9.17) is 0 Å². The van der Waals surface area contributed by atoms with Gasteiger partial charge >= 0.3 is 5.97 Å². The van der Waals surface area contributed by atoms with E-state index in [2.05, 4.69) is 5.32 Å². The van der Waals surface area contributed by atoms with Gasteiger partial charge in [-0.05, 0) is 30.2 Å². The molecule has 2 aromatic carbocycles. The fourth-order valence-corrected chi connectivity index (χ4v) is 4.17. The predicted octanol–water partition coefficient (Wildman–Crippen LogP) is 1.49. The molecule has 0 saturated carbocycles. The quantitative estimate of drug-likeness (QED) is 0.543. The summed E-state index contributed by atoms with van der Waals surface area (Å²) in [5, 5.41) is 11.6. The Labute approximate surface area is 185 Å². The van der Waals surface area contributed by atoms with Crippen molar-refractivity contribution in [1.82, 2.24) is 10.2 Å². The molecule has 32 heavy (non-hydrogen) atoms. The first-order chi connectivity index (χ1) is 15.1. The van der Waals surface area contributed by atoms with Gasteiger partial charge in [0.2, 0.25) is 0 Å². The molecule has 1 unspecified atom stereocenters. The van der Waals surface area contributed by atoms with E-state index >= 15 is 0 Å². The normalized spacial score (nSPS) is 14.2. The molecule has 2 N–H and O–H groups in total. The van der Waals surface area contributed by atoms with Gasteiger partial charge in [-0.15, -0.1) is 0 Å². The summed E-state index contributed by atoms with van der Waals surface area (Å²) in [5.74, 6) is -3.69. The van der Waals surface area contributed by atoms with E-state index in [9.17, 15) is 32.7 Å². The molecule has 0 aromatic heterocycles. The second-order valence-electron chi connectivity index (χ2n) is 7.33. The van der Waals surface area contributed by atoms with E-state index in [-0.39, 0.29) is 41.2 Å². The number of imide groups is 1. The topological polar surface area (TPSA) is 138 Å². The van der Waals surface area contributed by atoms with Gasteiger partial charge in [0.1, 0.15) is 15.9 Å². The molecule has 10 heteroatoms. The zero-order valence-electron chi connectivity index (χ0n) is 17.3. The molecule has 168 valence electrons. The molecule has 2 aromatic rings.